The van der Waals surface area contributed by atoms with E-state index in [9.17, 15) is 4.79 Å². The number of carbonyl (C=O) groups is 1. The number of aromatic nitrogens is 4. The standard InChI is InChI=1S/C25H29N5O2/c1-17(2)30-18(3)15-21(28-30)24(31)29-12-10-25(11-13-29)22-20(9-14-32-25)16-26-23(27-22)19-7-5-4-6-8-19/h4-8,15-17H,9-14H2,1-3H3. The van der Waals surface area contributed by atoms with Crippen molar-refractivity contribution in [2.45, 2.75) is 51.7 Å². The van der Waals surface area contributed by atoms with Gasteiger partial charge in [-0.05, 0) is 51.7 Å². The van der Waals surface area contributed by atoms with Crippen LogP contribution in [-0.4, -0.2) is 50.3 Å². The van der Waals surface area contributed by atoms with Crippen molar-refractivity contribution < 1.29 is 9.53 Å². The minimum absolute atomic E-state index is 0.00829. The summed E-state index contributed by atoms with van der Waals surface area (Å²) in [6.45, 7) is 8.04. The predicted octanol–water partition coefficient (Wildman–Crippen LogP) is 3.93. The van der Waals surface area contributed by atoms with Gasteiger partial charge in [0, 0.05) is 36.6 Å². The van der Waals surface area contributed by atoms with Gasteiger partial charge in [-0.2, -0.15) is 5.10 Å². The van der Waals surface area contributed by atoms with E-state index in [-0.39, 0.29) is 11.9 Å². The zero-order valence-corrected chi connectivity index (χ0v) is 18.9. The first-order valence-electron chi connectivity index (χ1n) is 11.4. The van der Waals surface area contributed by atoms with Crippen molar-refractivity contribution in [3.8, 4) is 11.4 Å². The highest BCUT2D eigenvalue weighted by molar-refractivity contribution is 5.92. The lowest BCUT2D eigenvalue weighted by atomic mass is 9.83. The second kappa shape index (κ2) is 8.13. The fraction of sp³-hybridized carbons (Fsp3) is 0.440. The Labute approximate surface area is 188 Å². The maximum absolute atomic E-state index is 13.1. The minimum atomic E-state index is -0.454. The van der Waals surface area contributed by atoms with Crippen LogP contribution in [0.1, 0.15) is 60.2 Å². The zero-order valence-electron chi connectivity index (χ0n) is 18.9. The van der Waals surface area contributed by atoms with Gasteiger partial charge in [-0.3, -0.25) is 9.48 Å². The molecule has 3 aromatic rings. The molecule has 1 aromatic carbocycles. The molecule has 166 valence electrons. The van der Waals surface area contributed by atoms with E-state index < -0.39 is 5.60 Å². The van der Waals surface area contributed by atoms with Crippen molar-refractivity contribution in [3.05, 3.63) is 65.2 Å². The van der Waals surface area contributed by atoms with Gasteiger partial charge in [-0.1, -0.05) is 30.3 Å². The molecule has 2 aliphatic rings. The maximum Gasteiger partial charge on any atom is 0.274 e. The highest BCUT2D eigenvalue weighted by atomic mass is 16.5. The Hall–Kier alpha value is -3.06. The second-order valence-electron chi connectivity index (χ2n) is 9.03. The summed E-state index contributed by atoms with van der Waals surface area (Å²) in [7, 11) is 0. The number of fused-ring (bicyclic) bond motifs is 2. The van der Waals surface area contributed by atoms with Crippen molar-refractivity contribution in [3.63, 3.8) is 0 Å². The molecular weight excluding hydrogens is 402 g/mol. The van der Waals surface area contributed by atoms with Gasteiger partial charge < -0.3 is 9.64 Å². The molecular formula is C25H29N5O2. The van der Waals surface area contributed by atoms with Crippen LogP contribution in [0.25, 0.3) is 11.4 Å². The number of hydrogen-bond acceptors (Lipinski definition) is 5. The first kappa shape index (κ1) is 20.8. The molecule has 1 amide bonds. The van der Waals surface area contributed by atoms with E-state index in [0.29, 0.717) is 25.4 Å². The summed E-state index contributed by atoms with van der Waals surface area (Å²) >= 11 is 0. The van der Waals surface area contributed by atoms with Gasteiger partial charge >= 0.3 is 0 Å². The molecule has 1 spiro atoms. The Bertz CT molecular complexity index is 1130. The molecule has 32 heavy (non-hydrogen) atoms. The molecule has 7 nitrogen and oxygen atoms in total. The lowest BCUT2D eigenvalue weighted by Crippen LogP contribution is -2.49. The van der Waals surface area contributed by atoms with Crippen LogP contribution in [0, 0.1) is 6.92 Å². The molecule has 5 rings (SSSR count). The van der Waals surface area contributed by atoms with Crippen LogP contribution >= 0.6 is 0 Å². The van der Waals surface area contributed by atoms with Crippen molar-refractivity contribution in [1.29, 1.82) is 0 Å². The van der Waals surface area contributed by atoms with Crippen LogP contribution in [0.2, 0.25) is 0 Å². The molecule has 2 aromatic heterocycles. The molecule has 1 fully saturated rings. The minimum Gasteiger partial charge on any atom is -0.368 e. The Kier molecular flexibility index (Phi) is 5.29. The average Bonchev–Trinajstić information content (AvgIpc) is 3.22. The summed E-state index contributed by atoms with van der Waals surface area (Å²) in [5.41, 5.74) is 4.22. The molecule has 7 heteroatoms. The third kappa shape index (κ3) is 3.60. The SMILES string of the molecule is Cc1cc(C(=O)N2CCC3(CC2)OCCc2cnc(-c4ccccc4)nc23)nn1C(C)C. The molecule has 0 atom stereocenters. The smallest absolute Gasteiger partial charge is 0.274 e. The molecule has 0 bridgehead atoms. The molecule has 1 saturated heterocycles. The van der Waals surface area contributed by atoms with E-state index in [4.69, 9.17) is 9.72 Å². The zero-order chi connectivity index (χ0) is 22.3. The van der Waals surface area contributed by atoms with Gasteiger partial charge in [0.2, 0.25) is 0 Å². The van der Waals surface area contributed by atoms with Gasteiger partial charge in [0.15, 0.2) is 11.5 Å². The van der Waals surface area contributed by atoms with Gasteiger partial charge in [-0.15, -0.1) is 0 Å². The first-order valence-corrected chi connectivity index (χ1v) is 11.4. The summed E-state index contributed by atoms with van der Waals surface area (Å²) in [5, 5.41) is 4.54. The van der Waals surface area contributed by atoms with Crippen LogP contribution in [-0.2, 0) is 16.8 Å². The van der Waals surface area contributed by atoms with Crippen molar-refractivity contribution in [2.75, 3.05) is 19.7 Å². The van der Waals surface area contributed by atoms with Crippen LogP contribution in [0.15, 0.2) is 42.6 Å². The van der Waals surface area contributed by atoms with Crippen molar-refractivity contribution >= 4 is 5.91 Å². The monoisotopic (exact) mass is 431 g/mol. The lowest BCUT2D eigenvalue weighted by Gasteiger charge is -2.44. The number of rotatable bonds is 3. The van der Waals surface area contributed by atoms with Crippen LogP contribution in [0.5, 0.6) is 0 Å². The Morgan fingerprint density at radius 2 is 1.91 bits per heavy atom. The number of piperidine rings is 1. The van der Waals surface area contributed by atoms with Gasteiger partial charge in [-0.25, -0.2) is 9.97 Å². The van der Waals surface area contributed by atoms with Gasteiger partial charge in [0.25, 0.3) is 5.91 Å². The van der Waals surface area contributed by atoms with Crippen molar-refractivity contribution in [1.82, 2.24) is 24.6 Å². The number of ether oxygens (including phenoxy) is 1. The predicted molar refractivity (Wildman–Crippen MR) is 121 cm³/mol. The van der Waals surface area contributed by atoms with Gasteiger partial charge in [0.1, 0.15) is 5.60 Å². The summed E-state index contributed by atoms with van der Waals surface area (Å²) in [6, 6.07) is 12.2. The Balaban J connectivity index is 1.38. The Morgan fingerprint density at radius 1 is 1.16 bits per heavy atom. The highest BCUT2D eigenvalue weighted by Gasteiger charge is 2.43. The molecule has 0 radical (unpaired) electrons. The number of amides is 1. The van der Waals surface area contributed by atoms with Crippen LogP contribution < -0.4 is 0 Å². The molecule has 0 N–H and O–H groups in total. The van der Waals surface area contributed by atoms with Crippen molar-refractivity contribution in [2.24, 2.45) is 0 Å². The average molecular weight is 432 g/mol. The number of benzene rings is 1. The van der Waals surface area contributed by atoms with E-state index >= 15 is 0 Å². The summed E-state index contributed by atoms with van der Waals surface area (Å²) in [6.07, 6.45) is 4.22. The first-order chi connectivity index (χ1) is 15.5. The van der Waals surface area contributed by atoms with E-state index in [1.807, 2.05) is 59.1 Å². The summed E-state index contributed by atoms with van der Waals surface area (Å²) in [4.78, 5) is 24.6. The molecule has 2 aliphatic heterocycles. The highest BCUT2D eigenvalue weighted by Crippen LogP contribution is 2.41. The van der Waals surface area contributed by atoms with E-state index in [1.54, 1.807) is 0 Å². The molecule has 0 saturated carbocycles. The van der Waals surface area contributed by atoms with E-state index in [2.05, 4.69) is 23.9 Å². The quantitative estimate of drug-likeness (QED) is 0.628. The molecule has 4 heterocycles. The Morgan fingerprint density at radius 3 is 2.59 bits per heavy atom. The fourth-order valence-corrected chi connectivity index (χ4v) is 4.86. The third-order valence-electron chi connectivity index (χ3n) is 6.57. The fourth-order valence-electron chi connectivity index (χ4n) is 4.86. The lowest BCUT2D eigenvalue weighted by molar-refractivity contribution is -0.0967. The van der Waals surface area contributed by atoms with E-state index in [0.717, 1.165) is 47.6 Å². The maximum atomic E-state index is 13.1. The summed E-state index contributed by atoms with van der Waals surface area (Å²) in [5.74, 6) is 0.716. The van der Waals surface area contributed by atoms with Crippen LogP contribution in [0.3, 0.4) is 0 Å². The van der Waals surface area contributed by atoms with Gasteiger partial charge in [0.05, 0.1) is 12.3 Å². The third-order valence-corrected chi connectivity index (χ3v) is 6.57. The number of carbonyl (C=O) groups excluding carboxylic acids is 1. The largest absolute Gasteiger partial charge is 0.368 e. The second-order valence-corrected chi connectivity index (χ2v) is 9.03. The van der Waals surface area contributed by atoms with Crippen LogP contribution in [0.4, 0.5) is 0 Å². The van der Waals surface area contributed by atoms with E-state index in [1.165, 1.54) is 0 Å². The normalized spacial score (nSPS) is 17.6. The number of hydrogen-bond donors (Lipinski definition) is 0. The summed E-state index contributed by atoms with van der Waals surface area (Å²) < 4.78 is 8.27. The topological polar surface area (TPSA) is 73.1 Å². The number of nitrogens with zero attached hydrogens (tertiary/aromatic N) is 5. The number of aryl methyl sites for hydroxylation is 1. The number of likely N-dealkylation sites (tertiary alicyclic amines) is 1. The molecule has 0 aliphatic carbocycles. The molecule has 0 unspecified atom stereocenters.